The van der Waals surface area contributed by atoms with Crippen LogP contribution in [0.25, 0.3) is 0 Å². The van der Waals surface area contributed by atoms with Crippen molar-refractivity contribution in [1.29, 1.82) is 0 Å². The smallest absolute Gasteiger partial charge is 0.388 e. The Labute approximate surface area is 107 Å². The lowest BCUT2D eigenvalue weighted by molar-refractivity contribution is 0.0310. The van der Waals surface area contributed by atoms with Gasteiger partial charge in [-0.05, 0) is 50.0 Å². The van der Waals surface area contributed by atoms with E-state index in [-0.39, 0.29) is 0 Å². The maximum absolute atomic E-state index is 5.59. The third kappa shape index (κ3) is 2.75. The maximum Gasteiger partial charge on any atom is 0.410 e. The number of hydrogen-bond donors (Lipinski definition) is 0. The van der Waals surface area contributed by atoms with Gasteiger partial charge >= 0.3 is 9.45 Å². The lowest BCUT2D eigenvalue weighted by Crippen LogP contribution is -2.58. The fraction of sp³-hybridized carbons (Fsp3) is 1.00. The summed E-state index contributed by atoms with van der Waals surface area (Å²) in [5, 5.41) is 0. The molecule has 0 bridgehead atoms. The average molecular weight is 257 g/mol. The van der Waals surface area contributed by atoms with Crippen molar-refractivity contribution in [1.82, 2.24) is 4.57 Å². The van der Waals surface area contributed by atoms with Gasteiger partial charge in [-0.15, -0.1) is 0 Å². The predicted molar refractivity (Wildman–Crippen MR) is 71.9 cm³/mol. The van der Waals surface area contributed by atoms with Crippen molar-refractivity contribution in [3.8, 4) is 0 Å². The minimum atomic E-state index is -1.58. The molecule has 0 aromatic rings. The zero-order valence-corrected chi connectivity index (χ0v) is 12.8. The molecule has 17 heavy (non-hydrogen) atoms. The lowest BCUT2D eigenvalue weighted by atomic mass is 9.70. The van der Waals surface area contributed by atoms with E-state index in [1.807, 2.05) is 0 Å². The van der Waals surface area contributed by atoms with E-state index in [1.165, 1.54) is 32.2 Å². The van der Waals surface area contributed by atoms with Crippen LogP contribution < -0.4 is 0 Å². The van der Waals surface area contributed by atoms with Crippen molar-refractivity contribution >= 4 is 9.45 Å². The summed E-state index contributed by atoms with van der Waals surface area (Å²) in [7, 11) is 2.03. The van der Waals surface area contributed by atoms with Crippen LogP contribution in [0.3, 0.4) is 0 Å². The number of fused-ring (bicyclic) bond motifs is 1. The van der Waals surface area contributed by atoms with Gasteiger partial charge in [-0.25, -0.2) is 0 Å². The fourth-order valence-electron chi connectivity index (χ4n) is 3.79. The normalized spacial score (nSPS) is 39.4. The molecule has 0 N–H and O–H groups in total. The SMILES string of the molecule is CO[SiH](OC)N1CCC(C)C2CC(C)CCC21. The van der Waals surface area contributed by atoms with E-state index < -0.39 is 9.45 Å². The molecule has 0 amide bonds. The Balaban J connectivity index is 2.09. The summed E-state index contributed by atoms with van der Waals surface area (Å²) < 4.78 is 13.8. The van der Waals surface area contributed by atoms with Crippen LogP contribution >= 0.6 is 0 Å². The summed E-state index contributed by atoms with van der Waals surface area (Å²) in [6.45, 7) is 6.02. The van der Waals surface area contributed by atoms with Crippen LogP contribution in [0.1, 0.15) is 39.5 Å². The van der Waals surface area contributed by atoms with Crippen LogP contribution in [0, 0.1) is 17.8 Å². The maximum atomic E-state index is 5.59. The number of piperidine rings is 1. The summed E-state index contributed by atoms with van der Waals surface area (Å²) in [4.78, 5) is 0. The van der Waals surface area contributed by atoms with E-state index >= 15 is 0 Å². The third-order valence-corrected chi connectivity index (χ3v) is 6.79. The molecule has 4 unspecified atom stereocenters. The Morgan fingerprint density at radius 3 is 2.41 bits per heavy atom. The van der Waals surface area contributed by atoms with Gasteiger partial charge in [0.05, 0.1) is 0 Å². The molecular formula is C13H27NO2Si. The van der Waals surface area contributed by atoms with Crippen molar-refractivity contribution in [3.05, 3.63) is 0 Å². The lowest BCUT2D eigenvalue weighted by Gasteiger charge is -2.49. The molecule has 4 atom stereocenters. The van der Waals surface area contributed by atoms with E-state index in [9.17, 15) is 0 Å². The van der Waals surface area contributed by atoms with Gasteiger partial charge in [0, 0.05) is 20.3 Å². The van der Waals surface area contributed by atoms with Crippen molar-refractivity contribution in [3.63, 3.8) is 0 Å². The molecule has 100 valence electrons. The monoisotopic (exact) mass is 257 g/mol. The fourth-order valence-corrected chi connectivity index (χ4v) is 5.57. The first kappa shape index (κ1) is 13.5. The number of hydrogen-bond acceptors (Lipinski definition) is 3. The second-order valence-electron chi connectivity index (χ2n) is 5.93. The summed E-state index contributed by atoms with van der Waals surface area (Å²) in [6, 6.07) is 0.728. The molecule has 2 rings (SSSR count). The van der Waals surface area contributed by atoms with E-state index in [0.717, 1.165) is 23.8 Å². The van der Waals surface area contributed by atoms with Crippen LogP contribution in [-0.4, -0.2) is 40.8 Å². The molecule has 1 aliphatic carbocycles. The zero-order chi connectivity index (χ0) is 12.4. The van der Waals surface area contributed by atoms with Crippen LogP contribution in [0.2, 0.25) is 0 Å². The van der Waals surface area contributed by atoms with E-state index in [4.69, 9.17) is 8.85 Å². The Kier molecular flexibility index (Phi) is 4.63. The van der Waals surface area contributed by atoms with E-state index in [0.29, 0.717) is 0 Å². The summed E-state index contributed by atoms with van der Waals surface area (Å²) >= 11 is 0. The van der Waals surface area contributed by atoms with Crippen molar-refractivity contribution < 1.29 is 8.85 Å². The van der Waals surface area contributed by atoms with Gasteiger partial charge in [0.1, 0.15) is 0 Å². The molecule has 0 spiro atoms. The first-order chi connectivity index (χ1) is 8.17. The Bertz CT molecular complexity index is 248. The molecule has 1 saturated carbocycles. The van der Waals surface area contributed by atoms with E-state index in [1.54, 1.807) is 14.2 Å². The molecule has 4 heteroatoms. The summed E-state index contributed by atoms with van der Waals surface area (Å²) in [5.41, 5.74) is 0. The molecule has 0 radical (unpaired) electrons. The quantitative estimate of drug-likeness (QED) is 0.723. The number of nitrogens with zero attached hydrogens (tertiary/aromatic N) is 1. The Morgan fingerprint density at radius 1 is 1.06 bits per heavy atom. The topological polar surface area (TPSA) is 21.7 Å². The first-order valence-electron chi connectivity index (χ1n) is 6.98. The molecule has 2 fully saturated rings. The Hall–Kier alpha value is 0.0969. The first-order valence-corrected chi connectivity index (χ1v) is 8.44. The van der Waals surface area contributed by atoms with Gasteiger partial charge < -0.3 is 8.85 Å². The standard InChI is InChI=1S/C13H27NO2Si/c1-10-5-6-13-12(9-10)11(2)7-8-14(13)17(15-3)16-4/h10-13,17H,5-9H2,1-4H3. The van der Waals surface area contributed by atoms with Crippen LogP contribution in [0.15, 0.2) is 0 Å². The van der Waals surface area contributed by atoms with Crippen molar-refractivity contribution in [2.45, 2.75) is 45.6 Å². The van der Waals surface area contributed by atoms with Gasteiger partial charge in [-0.2, -0.15) is 0 Å². The van der Waals surface area contributed by atoms with Gasteiger partial charge in [0.25, 0.3) is 0 Å². The Morgan fingerprint density at radius 2 is 1.76 bits per heavy atom. The van der Waals surface area contributed by atoms with Crippen molar-refractivity contribution in [2.75, 3.05) is 20.8 Å². The van der Waals surface area contributed by atoms with Gasteiger partial charge in [0.2, 0.25) is 0 Å². The predicted octanol–water partition coefficient (Wildman–Crippen LogP) is 2.14. The van der Waals surface area contributed by atoms with Crippen LogP contribution in [0.5, 0.6) is 0 Å². The molecule has 2 aliphatic rings. The van der Waals surface area contributed by atoms with Crippen LogP contribution in [-0.2, 0) is 8.85 Å². The highest BCUT2D eigenvalue weighted by Crippen LogP contribution is 2.41. The third-order valence-electron chi connectivity index (χ3n) is 4.80. The van der Waals surface area contributed by atoms with Gasteiger partial charge in [0.15, 0.2) is 0 Å². The molecule has 3 nitrogen and oxygen atoms in total. The highest BCUT2D eigenvalue weighted by Gasteiger charge is 2.42. The molecular weight excluding hydrogens is 230 g/mol. The zero-order valence-electron chi connectivity index (χ0n) is 11.7. The molecule has 0 aromatic heterocycles. The molecule has 1 aliphatic heterocycles. The highest BCUT2D eigenvalue weighted by molar-refractivity contribution is 6.41. The van der Waals surface area contributed by atoms with Crippen LogP contribution in [0.4, 0.5) is 0 Å². The van der Waals surface area contributed by atoms with Gasteiger partial charge in [-0.3, -0.25) is 4.57 Å². The van der Waals surface area contributed by atoms with Crippen molar-refractivity contribution in [2.24, 2.45) is 17.8 Å². The largest absolute Gasteiger partial charge is 0.410 e. The molecule has 1 saturated heterocycles. The average Bonchev–Trinajstić information content (AvgIpc) is 2.34. The second-order valence-corrected chi connectivity index (χ2v) is 8.15. The molecule has 1 heterocycles. The minimum Gasteiger partial charge on any atom is -0.388 e. The minimum absolute atomic E-state index is 0.728. The second kappa shape index (κ2) is 5.82. The van der Waals surface area contributed by atoms with Gasteiger partial charge in [-0.1, -0.05) is 13.8 Å². The highest BCUT2D eigenvalue weighted by atomic mass is 28.3. The summed E-state index contributed by atoms with van der Waals surface area (Å²) in [6.07, 6.45) is 5.42. The summed E-state index contributed by atoms with van der Waals surface area (Å²) in [5.74, 6) is 2.65. The number of rotatable bonds is 3. The van der Waals surface area contributed by atoms with E-state index in [2.05, 4.69) is 18.4 Å². The molecule has 0 aromatic carbocycles.